The van der Waals surface area contributed by atoms with Crippen molar-refractivity contribution in [1.29, 1.82) is 0 Å². The average Bonchev–Trinajstić information content (AvgIpc) is 2.91. The van der Waals surface area contributed by atoms with Crippen molar-refractivity contribution in [2.24, 2.45) is 0 Å². The van der Waals surface area contributed by atoms with Crippen LogP contribution in [0, 0.1) is 10.1 Å². The molecule has 4 rings (SSSR count). The van der Waals surface area contributed by atoms with Crippen LogP contribution in [0.5, 0.6) is 5.75 Å². The molecule has 2 heterocycles. The number of unbranched alkanes of at least 4 members (excludes halogenated alkanes) is 2. The number of ether oxygens (including phenoxy) is 1. The summed E-state index contributed by atoms with van der Waals surface area (Å²) >= 11 is 0. The van der Waals surface area contributed by atoms with E-state index in [-0.39, 0.29) is 16.0 Å². The van der Waals surface area contributed by atoms with Gasteiger partial charge in [-0.1, -0.05) is 18.2 Å². The van der Waals surface area contributed by atoms with Gasteiger partial charge in [-0.15, -0.1) is 0 Å². The van der Waals surface area contributed by atoms with Crippen molar-refractivity contribution in [1.82, 2.24) is 0 Å². The molecule has 0 aromatic heterocycles. The molecule has 164 valence electrons. The molecular weight excluding hydrogens is 390 g/mol. The Morgan fingerprint density at radius 2 is 1.87 bits per heavy atom. The number of quaternary nitrogens is 1. The molecule has 0 radical (unpaired) electrons. The Morgan fingerprint density at radius 3 is 2.61 bits per heavy atom. The van der Waals surface area contributed by atoms with Gasteiger partial charge in [-0.05, 0) is 63.0 Å². The number of nitrogens with one attached hydrogen (secondary N) is 1. The Kier molecular flexibility index (Phi) is 5.52. The van der Waals surface area contributed by atoms with E-state index in [1.165, 1.54) is 41.6 Å². The third-order valence-electron chi connectivity index (χ3n) is 6.68. The Labute approximate surface area is 184 Å². The molecule has 1 atom stereocenters. The van der Waals surface area contributed by atoms with Gasteiger partial charge < -0.3 is 14.5 Å². The van der Waals surface area contributed by atoms with E-state index in [0.717, 1.165) is 18.5 Å². The van der Waals surface area contributed by atoms with E-state index < -0.39 is 5.72 Å². The number of para-hydroxylation sites is 1. The van der Waals surface area contributed by atoms with Crippen molar-refractivity contribution < 1.29 is 14.6 Å². The van der Waals surface area contributed by atoms with Gasteiger partial charge in [0, 0.05) is 29.9 Å². The minimum absolute atomic E-state index is 0.0804. The number of fused-ring (bicyclic) bond motifs is 2. The standard InChI is InChI=1S/C25H31N3O3/c1-24(2)21-10-6-7-11-22(21)27(17-9-5-8-16-26(3)4)25(24)15-14-19-18-20(28(29)30)12-13-23(19)31-25/h6-7,10-15,18H,5,8-9,16-17H2,1-4H3/p+1. The first-order chi connectivity index (χ1) is 14.8. The molecular formula is C25H32N3O3+. The van der Waals surface area contributed by atoms with Gasteiger partial charge >= 0.3 is 0 Å². The largest absolute Gasteiger partial charge is 0.463 e. The van der Waals surface area contributed by atoms with Gasteiger partial charge in [0.25, 0.3) is 5.69 Å². The first-order valence-electron chi connectivity index (χ1n) is 11.1. The summed E-state index contributed by atoms with van der Waals surface area (Å²) in [5.41, 5.74) is 2.36. The number of anilines is 1. The smallest absolute Gasteiger partial charge is 0.270 e. The van der Waals surface area contributed by atoms with E-state index in [2.05, 4.69) is 63.2 Å². The minimum atomic E-state index is -0.660. The molecule has 1 N–H and O–H groups in total. The molecule has 0 amide bonds. The van der Waals surface area contributed by atoms with Crippen LogP contribution in [-0.2, 0) is 5.41 Å². The van der Waals surface area contributed by atoms with Gasteiger partial charge in [0.15, 0.2) is 0 Å². The SMILES string of the molecule is C[NH+](C)CCCCCN1c2ccccc2C(C)(C)C12C=Cc1cc([N+](=O)[O-])ccc1O2. The molecule has 1 unspecified atom stereocenters. The topological polar surface area (TPSA) is 60.0 Å². The zero-order chi connectivity index (χ0) is 22.2. The third-order valence-corrected chi connectivity index (χ3v) is 6.68. The highest BCUT2D eigenvalue weighted by Crippen LogP contribution is 2.55. The van der Waals surface area contributed by atoms with Gasteiger partial charge in [-0.2, -0.15) is 0 Å². The van der Waals surface area contributed by atoms with Gasteiger partial charge in [0.05, 0.1) is 31.0 Å². The average molecular weight is 423 g/mol. The maximum atomic E-state index is 11.2. The van der Waals surface area contributed by atoms with E-state index in [1.54, 1.807) is 12.1 Å². The summed E-state index contributed by atoms with van der Waals surface area (Å²) in [7, 11) is 4.38. The molecule has 2 aliphatic rings. The Hall–Kier alpha value is -2.86. The van der Waals surface area contributed by atoms with Crippen LogP contribution in [0.4, 0.5) is 11.4 Å². The monoisotopic (exact) mass is 422 g/mol. The molecule has 31 heavy (non-hydrogen) atoms. The lowest BCUT2D eigenvalue weighted by Gasteiger charge is -2.47. The minimum Gasteiger partial charge on any atom is -0.463 e. The molecule has 1 spiro atoms. The summed E-state index contributed by atoms with van der Waals surface area (Å²) in [6.07, 6.45) is 7.55. The zero-order valence-electron chi connectivity index (χ0n) is 18.9. The molecule has 2 aromatic carbocycles. The fraction of sp³-hybridized carbons (Fsp3) is 0.440. The fourth-order valence-electron chi connectivity index (χ4n) is 4.92. The van der Waals surface area contributed by atoms with Crippen LogP contribution in [-0.4, -0.2) is 37.8 Å². The predicted octanol–water partition coefficient (Wildman–Crippen LogP) is 3.81. The Bertz CT molecular complexity index is 1010. The third kappa shape index (κ3) is 3.59. The molecule has 6 nitrogen and oxygen atoms in total. The lowest BCUT2D eigenvalue weighted by atomic mass is 9.76. The van der Waals surface area contributed by atoms with Crippen molar-refractivity contribution in [3.63, 3.8) is 0 Å². The number of hydrogen-bond acceptors (Lipinski definition) is 4. The van der Waals surface area contributed by atoms with Crippen molar-refractivity contribution in [3.05, 3.63) is 69.8 Å². The quantitative estimate of drug-likeness (QED) is 0.419. The Balaban J connectivity index is 1.67. The Morgan fingerprint density at radius 1 is 1.10 bits per heavy atom. The highest BCUT2D eigenvalue weighted by molar-refractivity contribution is 5.73. The van der Waals surface area contributed by atoms with Crippen LogP contribution in [0.2, 0.25) is 0 Å². The number of rotatable bonds is 7. The van der Waals surface area contributed by atoms with E-state index in [4.69, 9.17) is 4.74 Å². The fourth-order valence-corrected chi connectivity index (χ4v) is 4.92. The van der Waals surface area contributed by atoms with Crippen LogP contribution in [0.1, 0.15) is 44.2 Å². The molecule has 6 heteroatoms. The lowest BCUT2D eigenvalue weighted by molar-refractivity contribution is -0.858. The van der Waals surface area contributed by atoms with E-state index in [9.17, 15) is 10.1 Å². The van der Waals surface area contributed by atoms with Crippen molar-refractivity contribution in [2.75, 3.05) is 32.1 Å². The van der Waals surface area contributed by atoms with E-state index >= 15 is 0 Å². The van der Waals surface area contributed by atoms with Gasteiger partial charge in [-0.25, -0.2) is 0 Å². The van der Waals surface area contributed by atoms with Crippen LogP contribution in [0.3, 0.4) is 0 Å². The number of non-ortho nitro benzene ring substituents is 1. The summed E-state index contributed by atoms with van der Waals surface area (Å²) in [5, 5.41) is 11.2. The number of benzene rings is 2. The summed E-state index contributed by atoms with van der Waals surface area (Å²) in [5.74, 6) is 0.690. The van der Waals surface area contributed by atoms with Gasteiger partial charge in [0.2, 0.25) is 5.72 Å². The number of nitro benzene ring substituents is 1. The molecule has 0 aliphatic carbocycles. The first kappa shape index (κ1) is 21.4. The summed E-state index contributed by atoms with van der Waals surface area (Å²) in [4.78, 5) is 14.7. The first-order valence-corrected chi connectivity index (χ1v) is 11.1. The highest BCUT2D eigenvalue weighted by atomic mass is 16.6. The highest BCUT2D eigenvalue weighted by Gasteiger charge is 2.58. The van der Waals surface area contributed by atoms with Crippen LogP contribution in [0.25, 0.3) is 6.08 Å². The maximum absolute atomic E-state index is 11.2. The second-order valence-electron chi connectivity index (χ2n) is 9.42. The predicted molar refractivity (Wildman–Crippen MR) is 124 cm³/mol. The number of nitrogens with zero attached hydrogens (tertiary/aromatic N) is 2. The molecule has 0 saturated carbocycles. The van der Waals surface area contributed by atoms with Crippen LogP contribution < -0.4 is 14.5 Å². The lowest BCUT2D eigenvalue weighted by Crippen LogP contribution is -3.05. The number of nitro groups is 1. The second kappa shape index (κ2) is 8.00. The zero-order valence-corrected chi connectivity index (χ0v) is 18.9. The molecule has 0 bridgehead atoms. The van der Waals surface area contributed by atoms with Crippen molar-refractivity contribution in [3.8, 4) is 5.75 Å². The second-order valence-corrected chi connectivity index (χ2v) is 9.42. The molecule has 2 aromatic rings. The molecule has 0 saturated heterocycles. The van der Waals surface area contributed by atoms with Gasteiger partial charge in [-0.3, -0.25) is 10.1 Å². The summed E-state index contributed by atoms with van der Waals surface area (Å²) in [6, 6.07) is 13.4. The maximum Gasteiger partial charge on any atom is 0.270 e. The number of hydrogen-bond donors (Lipinski definition) is 1. The normalized spacial score (nSPS) is 20.6. The van der Waals surface area contributed by atoms with E-state index in [1.807, 2.05) is 6.08 Å². The molecule has 0 fully saturated rings. The molecule has 2 aliphatic heterocycles. The van der Waals surface area contributed by atoms with Crippen molar-refractivity contribution in [2.45, 2.75) is 44.2 Å². The van der Waals surface area contributed by atoms with Crippen LogP contribution >= 0.6 is 0 Å². The van der Waals surface area contributed by atoms with Crippen molar-refractivity contribution >= 4 is 17.5 Å². The summed E-state index contributed by atoms with van der Waals surface area (Å²) in [6.45, 7) is 6.52. The van der Waals surface area contributed by atoms with Crippen LogP contribution in [0.15, 0.2) is 48.5 Å². The van der Waals surface area contributed by atoms with E-state index in [0.29, 0.717) is 5.75 Å². The van der Waals surface area contributed by atoms with Gasteiger partial charge in [0.1, 0.15) is 5.75 Å². The summed E-state index contributed by atoms with van der Waals surface area (Å²) < 4.78 is 6.73.